The molecule has 2 aliphatic rings. The first kappa shape index (κ1) is 19.1. The maximum absolute atomic E-state index is 13.4. The van der Waals surface area contributed by atoms with Gasteiger partial charge >= 0.3 is 0 Å². The number of carbonyl (C=O) groups is 2. The lowest BCUT2D eigenvalue weighted by Crippen LogP contribution is -2.47. The van der Waals surface area contributed by atoms with Crippen molar-refractivity contribution in [3.63, 3.8) is 0 Å². The number of aliphatic imine (C=N–C) groups is 1. The van der Waals surface area contributed by atoms with E-state index in [1.54, 1.807) is 12.1 Å². The Balaban J connectivity index is 1.66. The zero-order valence-electron chi connectivity index (χ0n) is 16.8. The summed E-state index contributed by atoms with van der Waals surface area (Å²) in [6, 6.07) is 16.6. The fourth-order valence-electron chi connectivity index (χ4n) is 4.14. The van der Waals surface area contributed by atoms with Gasteiger partial charge in [0.15, 0.2) is 0 Å². The Morgan fingerprint density at radius 3 is 2.61 bits per heavy atom. The van der Waals surface area contributed by atoms with E-state index in [4.69, 9.17) is 4.99 Å². The number of aliphatic hydroxyl groups is 1. The molecule has 0 spiro atoms. The average molecular weight is 412 g/mol. The molecule has 7 nitrogen and oxygen atoms in total. The molecule has 0 saturated carbocycles. The number of aromatic nitrogens is 1. The standard InChI is InChI=1S/C24H20N4O3/c1-14-11-17-19(29)13-28-21(17)18(12-14)20(15-5-3-2-4-6-15)26-22(24(28)31)27-23(30)16-7-9-25-10-8-16/h2-12,19,22,29H,13H2,1H3,(H,27,30)/t19-,22-/m0/s1. The zero-order valence-corrected chi connectivity index (χ0v) is 16.8. The fourth-order valence-corrected chi connectivity index (χ4v) is 4.14. The van der Waals surface area contributed by atoms with Gasteiger partial charge in [-0.2, -0.15) is 0 Å². The molecule has 0 radical (unpaired) electrons. The van der Waals surface area contributed by atoms with Gasteiger partial charge in [0.25, 0.3) is 11.8 Å². The van der Waals surface area contributed by atoms with Crippen LogP contribution in [-0.4, -0.2) is 40.3 Å². The Morgan fingerprint density at radius 2 is 1.87 bits per heavy atom. The molecule has 5 rings (SSSR count). The second-order valence-corrected chi connectivity index (χ2v) is 7.67. The lowest BCUT2D eigenvalue weighted by Gasteiger charge is -2.21. The van der Waals surface area contributed by atoms with Crippen LogP contribution in [0.5, 0.6) is 0 Å². The number of carbonyl (C=O) groups excluding carboxylic acids is 2. The van der Waals surface area contributed by atoms with Crippen molar-refractivity contribution in [2.45, 2.75) is 19.2 Å². The number of nitrogens with zero attached hydrogens (tertiary/aromatic N) is 3. The van der Waals surface area contributed by atoms with Crippen LogP contribution in [0.4, 0.5) is 5.69 Å². The highest BCUT2D eigenvalue weighted by Crippen LogP contribution is 2.41. The summed E-state index contributed by atoms with van der Waals surface area (Å²) in [5.74, 6) is -0.796. The quantitative estimate of drug-likeness (QED) is 0.691. The molecular formula is C24H20N4O3. The number of nitrogens with one attached hydrogen (secondary N) is 1. The van der Waals surface area contributed by atoms with Crippen LogP contribution in [0.25, 0.3) is 0 Å². The number of benzene rings is 2. The third-order valence-electron chi connectivity index (χ3n) is 5.54. The highest BCUT2D eigenvalue weighted by Gasteiger charge is 2.40. The number of aliphatic hydroxyl groups excluding tert-OH is 1. The van der Waals surface area contributed by atoms with Crippen molar-refractivity contribution in [3.8, 4) is 0 Å². The summed E-state index contributed by atoms with van der Waals surface area (Å²) in [7, 11) is 0. The van der Waals surface area contributed by atoms with Gasteiger partial charge < -0.3 is 15.3 Å². The van der Waals surface area contributed by atoms with Crippen LogP contribution in [-0.2, 0) is 4.79 Å². The molecule has 2 N–H and O–H groups in total. The van der Waals surface area contributed by atoms with Gasteiger partial charge in [-0.15, -0.1) is 0 Å². The largest absolute Gasteiger partial charge is 0.386 e. The van der Waals surface area contributed by atoms with Crippen LogP contribution in [0.2, 0.25) is 0 Å². The first-order chi connectivity index (χ1) is 15.0. The zero-order chi connectivity index (χ0) is 21.5. The highest BCUT2D eigenvalue weighted by atomic mass is 16.3. The minimum absolute atomic E-state index is 0.129. The minimum Gasteiger partial charge on any atom is -0.386 e. The molecule has 3 heterocycles. The summed E-state index contributed by atoms with van der Waals surface area (Å²) in [4.78, 5) is 36.4. The summed E-state index contributed by atoms with van der Waals surface area (Å²) in [5, 5.41) is 13.4. The van der Waals surface area contributed by atoms with Gasteiger partial charge in [-0.1, -0.05) is 36.4 Å². The second kappa shape index (κ2) is 7.45. The molecule has 3 aromatic rings. The van der Waals surface area contributed by atoms with Gasteiger partial charge in [0.2, 0.25) is 6.17 Å². The first-order valence-corrected chi connectivity index (χ1v) is 10.0. The minimum atomic E-state index is -1.12. The van der Waals surface area contributed by atoms with Crippen LogP contribution >= 0.6 is 0 Å². The third-order valence-corrected chi connectivity index (χ3v) is 5.54. The maximum atomic E-state index is 13.4. The molecule has 0 aliphatic carbocycles. The van der Waals surface area contributed by atoms with Gasteiger partial charge in [-0.25, -0.2) is 4.99 Å². The number of anilines is 1. The van der Waals surface area contributed by atoms with E-state index in [0.717, 1.165) is 16.7 Å². The number of pyridine rings is 1. The normalized spacial score (nSPS) is 19.5. The second-order valence-electron chi connectivity index (χ2n) is 7.67. The molecule has 31 heavy (non-hydrogen) atoms. The van der Waals surface area contributed by atoms with Crippen LogP contribution < -0.4 is 10.2 Å². The van der Waals surface area contributed by atoms with Crippen LogP contribution in [0, 0.1) is 6.92 Å². The van der Waals surface area contributed by atoms with Gasteiger partial charge in [0.1, 0.15) is 0 Å². The van der Waals surface area contributed by atoms with Crippen LogP contribution in [0.15, 0.2) is 72.0 Å². The molecule has 0 bridgehead atoms. The summed E-state index contributed by atoms with van der Waals surface area (Å²) in [6.45, 7) is 2.08. The van der Waals surface area contributed by atoms with Crippen LogP contribution in [0.3, 0.4) is 0 Å². The SMILES string of the molecule is Cc1cc2c3c(c1)[C@@H](O)CN3C(=O)[C@H](NC(=O)c1ccncc1)N=C2c1ccccc1. The third kappa shape index (κ3) is 3.29. The van der Waals surface area contributed by atoms with Crippen molar-refractivity contribution in [1.29, 1.82) is 0 Å². The van der Waals surface area contributed by atoms with Crippen LogP contribution in [0.1, 0.15) is 38.7 Å². The fraction of sp³-hybridized carbons (Fsp3) is 0.167. The molecule has 7 heteroatoms. The lowest BCUT2D eigenvalue weighted by atomic mass is 9.95. The summed E-state index contributed by atoms with van der Waals surface area (Å²) in [5.41, 5.74) is 4.91. The summed E-state index contributed by atoms with van der Waals surface area (Å²) < 4.78 is 0. The van der Waals surface area contributed by atoms with E-state index in [0.29, 0.717) is 22.5 Å². The Hall–Kier alpha value is -3.84. The number of hydrogen-bond acceptors (Lipinski definition) is 5. The number of amides is 2. The Labute approximate surface area is 179 Å². The predicted molar refractivity (Wildman–Crippen MR) is 116 cm³/mol. The van der Waals surface area contributed by atoms with Gasteiger partial charge in [0, 0.05) is 34.6 Å². The van der Waals surface area contributed by atoms with E-state index in [-0.39, 0.29) is 12.5 Å². The summed E-state index contributed by atoms with van der Waals surface area (Å²) in [6.07, 6.45) is 1.13. The molecule has 2 aliphatic heterocycles. The highest BCUT2D eigenvalue weighted by molar-refractivity contribution is 6.21. The van der Waals surface area contributed by atoms with E-state index in [9.17, 15) is 14.7 Å². The van der Waals surface area contributed by atoms with Crippen molar-refractivity contribution in [2.75, 3.05) is 11.4 Å². The van der Waals surface area contributed by atoms with Crippen molar-refractivity contribution >= 4 is 23.2 Å². The molecule has 0 fully saturated rings. The van der Waals surface area contributed by atoms with Crippen molar-refractivity contribution in [1.82, 2.24) is 10.3 Å². The average Bonchev–Trinajstić information content (AvgIpc) is 3.07. The molecular weight excluding hydrogens is 392 g/mol. The Kier molecular flexibility index (Phi) is 4.60. The molecule has 0 saturated heterocycles. The number of aryl methyl sites for hydroxylation is 1. The smallest absolute Gasteiger partial charge is 0.272 e. The van der Waals surface area contributed by atoms with Gasteiger partial charge in [-0.05, 0) is 30.7 Å². The molecule has 2 aromatic carbocycles. The van der Waals surface area contributed by atoms with E-state index in [1.807, 2.05) is 49.4 Å². The lowest BCUT2D eigenvalue weighted by molar-refractivity contribution is -0.120. The predicted octanol–water partition coefficient (Wildman–Crippen LogP) is 2.38. The van der Waals surface area contributed by atoms with E-state index < -0.39 is 18.2 Å². The first-order valence-electron chi connectivity index (χ1n) is 10.0. The van der Waals surface area contributed by atoms with Crippen molar-refractivity contribution in [3.05, 3.63) is 94.8 Å². The Bertz CT molecular complexity index is 1210. The maximum Gasteiger partial charge on any atom is 0.272 e. The van der Waals surface area contributed by atoms with E-state index in [1.165, 1.54) is 17.3 Å². The van der Waals surface area contributed by atoms with Gasteiger partial charge in [-0.3, -0.25) is 14.6 Å². The monoisotopic (exact) mass is 412 g/mol. The van der Waals surface area contributed by atoms with E-state index >= 15 is 0 Å². The molecule has 2 amide bonds. The molecule has 2 atom stereocenters. The van der Waals surface area contributed by atoms with Crippen molar-refractivity contribution < 1.29 is 14.7 Å². The number of hydrogen-bond donors (Lipinski definition) is 2. The molecule has 154 valence electrons. The summed E-state index contributed by atoms with van der Waals surface area (Å²) >= 11 is 0. The number of rotatable bonds is 3. The van der Waals surface area contributed by atoms with Gasteiger partial charge in [0.05, 0.1) is 24.0 Å². The molecule has 1 aromatic heterocycles. The Morgan fingerprint density at radius 1 is 1.13 bits per heavy atom. The van der Waals surface area contributed by atoms with E-state index in [2.05, 4.69) is 10.3 Å². The molecule has 0 unspecified atom stereocenters. The topological polar surface area (TPSA) is 94.9 Å². The van der Waals surface area contributed by atoms with Crippen molar-refractivity contribution in [2.24, 2.45) is 4.99 Å².